The van der Waals surface area contributed by atoms with Gasteiger partial charge in [-0.25, -0.2) is 4.99 Å². The highest BCUT2D eigenvalue weighted by molar-refractivity contribution is 5.75. The number of hydrogen-bond acceptors (Lipinski definition) is 1. The highest BCUT2D eigenvalue weighted by Gasteiger charge is 1.82. The molecule has 0 aliphatic heterocycles. The Labute approximate surface area is 55.4 Å². The smallest absolute Gasteiger partial charge is 0.186 e. The van der Waals surface area contributed by atoms with Crippen molar-refractivity contribution in [2.45, 2.75) is 13.8 Å². The van der Waals surface area contributed by atoms with Gasteiger partial charge in [0.1, 0.15) is 0 Å². The van der Waals surface area contributed by atoms with Crippen molar-refractivity contribution >= 4 is 5.96 Å². The molecule has 0 aromatic heterocycles. The predicted octanol–water partition coefficient (Wildman–Crippen LogP) is 0.226. The van der Waals surface area contributed by atoms with Crippen LogP contribution >= 0.6 is 0 Å². The summed E-state index contributed by atoms with van der Waals surface area (Å²) < 4.78 is 0. The van der Waals surface area contributed by atoms with Crippen molar-refractivity contribution in [3.63, 3.8) is 0 Å². The van der Waals surface area contributed by atoms with Gasteiger partial charge in [0, 0.05) is 0 Å². The number of aliphatic imine (C=N–C) groups is 1. The number of nitrogens with two attached hydrogens (primary N) is 2. The molecule has 0 unspecified atom stereocenters. The van der Waals surface area contributed by atoms with Gasteiger partial charge in [-0.05, 0) is 13.8 Å². The molecule has 0 spiro atoms. The average molecular weight is 127 g/mol. The van der Waals surface area contributed by atoms with E-state index in [4.69, 9.17) is 11.5 Å². The van der Waals surface area contributed by atoms with E-state index in [0.29, 0.717) is 6.54 Å². The van der Waals surface area contributed by atoms with E-state index in [2.05, 4.69) is 4.99 Å². The Morgan fingerprint density at radius 2 is 2.11 bits per heavy atom. The van der Waals surface area contributed by atoms with Gasteiger partial charge in [-0.1, -0.05) is 11.6 Å². The van der Waals surface area contributed by atoms with Crippen LogP contribution in [0, 0.1) is 0 Å². The maximum atomic E-state index is 5.10. The lowest BCUT2D eigenvalue weighted by Crippen LogP contribution is -2.23. The van der Waals surface area contributed by atoms with Gasteiger partial charge in [0.05, 0.1) is 6.54 Å². The van der Waals surface area contributed by atoms with E-state index in [1.54, 1.807) is 0 Å². The van der Waals surface area contributed by atoms with E-state index in [1.165, 1.54) is 5.57 Å². The zero-order chi connectivity index (χ0) is 7.28. The molecule has 0 saturated carbocycles. The second-order valence-electron chi connectivity index (χ2n) is 1.88. The summed E-state index contributed by atoms with van der Waals surface area (Å²) in [7, 11) is 0. The van der Waals surface area contributed by atoms with Gasteiger partial charge in [0.15, 0.2) is 5.96 Å². The lowest BCUT2D eigenvalue weighted by Gasteiger charge is -1.92. The molecule has 0 rings (SSSR count). The SMILES string of the molecule is C/C=C(\C)CN=C(N)N. The quantitative estimate of drug-likeness (QED) is 0.317. The molecule has 0 aromatic rings. The third kappa shape index (κ3) is 4.87. The molecule has 3 nitrogen and oxygen atoms in total. The summed E-state index contributed by atoms with van der Waals surface area (Å²) in [5.74, 6) is 0.149. The summed E-state index contributed by atoms with van der Waals surface area (Å²) in [6, 6.07) is 0. The molecule has 9 heavy (non-hydrogen) atoms. The van der Waals surface area contributed by atoms with E-state index in [9.17, 15) is 0 Å². The van der Waals surface area contributed by atoms with Crippen molar-refractivity contribution in [2.75, 3.05) is 6.54 Å². The third-order valence-electron chi connectivity index (χ3n) is 1.00. The molecule has 0 heterocycles. The average Bonchev–Trinajstić information content (AvgIpc) is 1.83. The standard InChI is InChI=1S/C6H13N3/c1-3-5(2)4-9-6(7)8/h3H,4H2,1-2H3,(H4,7,8,9)/b5-3+. The van der Waals surface area contributed by atoms with Crippen LogP contribution in [0.15, 0.2) is 16.6 Å². The molecule has 0 amide bonds. The van der Waals surface area contributed by atoms with Crippen LogP contribution in [0.25, 0.3) is 0 Å². The fourth-order valence-corrected chi connectivity index (χ4v) is 0.307. The number of rotatable bonds is 2. The first-order chi connectivity index (χ1) is 4.16. The first-order valence-corrected chi connectivity index (χ1v) is 2.84. The molecule has 0 saturated heterocycles. The van der Waals surface area contributed by atoms with Crippen LogP contribution in [0.2, 0.25) is 0 Å². The van der Waals surface area contributed by atoms with Crippen LogP contribution < -0.4 is 11.5 Å². The normalized spacial score (nSPS) is 11.1. The molecule has 52 valence electrons. The van der Waals surface area contributed by atoms with E-state index >= 15 is 0 Å². The Morgan fingerprint density at radius 3 is 2.44 bits per heavy atom. The Balaban J connectivity index is 3.64. The molecule has 0 aromatic carbocycles. The molecular formula is C6H13N3. The number of hydrogen-bond donors (Lipinski definition) is 2. The lowest BCUT2D eigenvalue weighted by atomic mass is 10.3. The van der Waals surface area contributed by atoms with Gasteiger partial charge in [0.25, 0.3) is 0 Å². The molecule has 0 bridgehead atoms. The van der Waals surface area contributed by atoms with Crippen LogP contribution in [0.5, 0.6) is 0 Å². The monoisotopic (exact) mass is 127 g/mol. The Morgan fingerprint density at radius 1 is 1.56 bits per heavy atom. The zero-order valence-electron chi connectivity index (χ0n) is 5.89. The minimum atomic E-state index is 0.149. The molecule has 0 atom stereocenters. The molecule has 0 aliphatic carbocycles. The van der Waals surface area contributed by atoms with E-state index in [1.807, 2.05) is 19.9 Å². The van der Waals surface area contributed by atoms with Gasteiger partial charge < -0.3 is 11.5 Å². The fraction of sp³-hybridized carbons (Fsp3) is 0.500. The minimum Gasteiger partial charge on any atom is -0.370 e. The van der Waals surface area contributed by atoms with E-state index in [-0.39, 0.29) is 5.96 Å². The molecule has 0 fully saturated rings. The first-order valence-electron chi connectivity index (χ1n) is 2.84. The number of allylic oxidation sites excluding steroid dienone is 1. The van der Waals surface area contributed by atoms with Crippen molar-refractivity contribution < 1.29 is 0 Å². The molecule has 0 radical (unpaired) electrons. The largest absolute Gasteiger partial charge is 0.370 e. The van der Waals surface area contributed by atoms with Crippen molar-refractivity contribution in [1.29, 1.82) is 0 Å². The predicted molar refractivity (Wildman–Crippen MR) is 40.1 cm³/mol. The fourth-order valence-electron chi connectivity index (χ4n) is 0.307. The maximum absolute atomic E-state index is 5.10. The van der Waals surface area contributed by atoms with Crippen molar-refractivity contribution in [2.24, 2.45) is 16.5 Å². The van der Waals surface area contributed by atoms with Crippen LogP contribution in [0.4, 0.5) is 0 Å². The van der Waals surface area contributed by atoms with Crippen molar-refractivity contribution in [3.8, 4) is 0 Å². The molecule has 4 N–H and O–H groups in total. The summed E-state index contributed by atoms with van der Waals surface area (Å²) >= 11 is 0. The van der Waals surface area contributed by atoms with Gasteiger partial charge in [-0.3, -0.25) is 0 Å². The van der Waals surface area contributed by atoms with Crippen LogP contribution in [0.3, 0.4) is 0 Å². The zero-order valence-corrected chi connectivity index (χ0v) is 5.89. The Hall–Kier alpha value is -0.990. The number of guanidine groups is 1. The van der Waals surface area contributed by atoms with Crippen LogP contribution in [0.1, 0.15) is 13.8 Å². The van der Waals surface area contributed by atoms with Crippen molar-refractivity contribution in [3.05, 3.63) is 11.6 Å². The summed E-state index contributed by atoms with van der Waals surface area (Å²) in [6.07, 6.45) is 1.98. The summed E-state index contributed by atoms with van der Waals surface area (Å²) in [4.78, 5) is 3.80. The van der Waals surface area contributed by atoms with Crippen LogP contribution in [-0.2, 0) is 0 Å². The minimum absolute atomic E-state index is 0.149. The second-order valence-corrected chi connectivity index (χ2v) is 1.88. The number of nitrogens with zero attached hydrogens (tertiary/aromatic N) is 1. The molecule has 3 heteroatoms. The van der Waals surface area contributed by atoms with Gasteiger partial charge in [-0.15, -0.1) is 0 Å². The third-order valence-corrected chi connectivity index (χ3v) is 1.00. The summed E-state index contributed by atoms with van der Waals surface area (Å²) in [6.45, 7) is 4.54. The highest BCUT2D eigenvalue weighted by Crippen LogP contribution is 1.89. The van der Waals surface area contributed by atoms with Crippen molar-refractivity contribution in [1.82, 2.24) is 0 Å². The molecular weight excluding hydrogens is 114 g/mol. The highest BCUT2D eigenvalue weighted by atomic mass is 15.0. The lowest BCUT2D eigenvalue weighted by molar-refractivity contribution is 1.11. The van der Waals surface area contributed by atoms with Crippen LogP contribution in [-0.4, -0.2) is 12.5 Å². The Kier molecular flexibility index (Phi) is 3.51. The second kappa shape index (κ2) is 3.95. The van der Waals surface area contributed by atoms with E-state index in [0.717, 1.165) is 0 Å². The molecule has 0 aliphatic rings. The van der Waals surface area contributed by atoms with Gasteiger partial charge >= 0.3 is 0 Å². The topological polar surface area (TPSA) is 64.4 Å². The summed E-state index contributed by atoms with van der Waals surface area (Å²) in [5.41, 5.74) is 11.4. The van der Waals surface area contributed by atoms with Gasteiger partial charge in [-0.2, -0.15) is 0 Å². The Bertz CT molecular complexity index is 131. The maximum Gasteiger partial charge on any atom is 0.186 e. The summed E-state index contributed by atoms with van der Waals surface area (Å²) in [5, 5.41) is 0. The van der Waals surface area contributed by atoms with E-state index < -0.39 is 0 Å². The first kappa shape index (κ1) is 8.01. The van der Waals surface area contributed by atoms with Gasteiger partial charge in [0.2, 0.25) is 0 Å².